The van der Waals surface area contributed by atoms with Crippen LogP contribution in [0.5, 0.6) is 11.5 Å². The number of furan rings is 1. The lowest BCUT2D eigenvalue weighted by Gasteiger charge is -2.37. The Labute approximate surface area is 217 Å². The van der Waals surface area contributed by atoms with Crippen LogP contribution in [0.25, 0.3) is 33.7 Å². The number of aromatic nitrogens is 3. The number of halogens is 1. The predicted molar refractivity (Wildman–Crippen MR) is 139 cm³/mol. The zero-order chi connectivity index (χ0) is 26.8. The quantitative estimate of drug-likeness (QED) is 0.303. The van der Waals surface area contributed by atoms with Gasteiger partial charge >= 0.3 is 0 Å². The van der Waals surface area contributed by atoms with Crippen molar-refractivity contribution in [1.82, 2.24) is 14.8 Å². The summed E-state index contributed by atoms with van der Waals surface area (Å²) in [5.41, 5.74) is 2.40. The van der Waals surface area contributed by atoms with E-state index in [4.69, 9.17) is 13.6 Å². The highest BCUT2D eigenvalue weighted by molar-refractivity contribution is 5.95. The summed E-state index contributed by atoms with van der Waals surface area (Å²) >= 11 is 0. The Morgan fingerprint density at radius 3 is 2.39 bits per heavy atom. The first-order valence-corrected chi connectivity index (χ1v) is 12.4. The van der Waals surface area contributed by atoms with Gasteiger partial charge in [-0.25, -0.2) is 4.39 Å². The Hall–Kier alpha value is -4.24. The lowest BCUT2D eigenvalue weighted by Crippen LogP contribution is -2.33. The lowest BCUT2D eigenvalue weighted by atomic mass is 9.74. The average Bonchev–Trinajstić information content (AvgIpc) is 3.49. The number of rotatable bonds is 5. The molecule has 38 heavy (non-hydrogen) atoms. The van der Waals surface area contributed by atoms with Crippen molar-refractivity contribution < 1.29 is 23.1 Å². The molecule has 0 atom stereocenters. The molecule has 0 saturated heterocycles. The number of aryl methyl sites for hydroxylation is 4. The molecule has 1 N–H and O–H groups in total. The van der Waals surface area contributed by atoms with Crippen LogP contribution < -0.4 is 10.3 Å². The minimum Gasteiger partial charge on any atom is -0.456 e. The third-order valence-corrected chi connectivity index (χ3v) is 7.21. The summed E-state index contributed by atoms with van der Waals surface area (Å²) in [4.78, 5) is 13.1. The van der Waals surface area contributed by atoms with Crippen LogP contribution in [-0.4, -0.2) is 19.9 Å². The molecular formula is C29H26FN3O5. The van der Waals surface area contributed by atoms with E-state index in [1.165, 1.54) is 16.7 Å². The number of aliphatic hydroxyl groups is 1. The molecule has 2 aromatic carbocycles. The summed E-state index contributed by atoms with van der Waals surface area (Å²) in [6, 6.07) is 9.95. The Morgan fingerprint density at radius 1 is 1.03 bits per heavy atom. The van der Waals surface area contributed by atoms with Gasteiger partial charge in [-0.15, -0.1) is 10.2 Å². The van der Waals surface area contributed by atoms with Crippen LogP contribution in [0.2, 0.25) is 0 Å². The predicted octanol–water partition coefficient (Wildman–Crippen LogP) is 6.08. The standard InChI is InChI=1S/C29H26FN3O5/c1-15-10-19(30)11-16(2)25(15)37-23-7-6-18(29(35)8-5-9-29)12-20(23)22-14-33(4)28(34)21-13-24(38-26(21)22)27-32-31-17(3)36-27/h6-7,10-14,35H,5,8-9H2,1-4H3. The normalized spacial score (nSPS) is 14.6. The fraction of sp³-hybridized carbons (Fsp3) is 0.276. The third-order valence-electron chi connectivity index (χ3n) is 7.21. The van der Waals surface area contributed by atoms with Crippen LogP contribution in [-0.2, 0) is 12.6 Å². The molecule has 1 aliphatic rings. The molecule has 0 bridgehead atoms. The Kier molecular flexibility index (Phi) is 5.50. The fourth-order valence-corrected chi connectivity index (χ4v) is 5.03. The highest BCUT2D eigenvalue weighted by atomic mass is 19.1. The summed E-state index contributed by atoms with van der Waals surface area (Å²) < 4.78 is 33.5. The summed E-state index contributed by atoms with van der Waals surface area (Å²) in [5.74, 6) is 1.47. The summed E-state index contributed by atoms with van der Waals surface area (Å²) in [6.07, 6.45) is 3.94. The highest BCUT2D eigenvalue weighted by Crippen LogP contribution is 2.46. The molecule has 194 valence electrons. The van der Waals surface area contributed by atoms with E-state index in [-0.39, 0.29) is 23.0 Å². The Bertz CT molecular complexity index is 1750. The maximum atomic E-state index is 14.0. The molecule has 1 aliphatic carbocycles. The van der Waals surface area contributed by atoms with Gasteiger partial charge < -0.3 is 23.2 Å². The number of fused-ring (bicyclic) bond motifs is 1. The largest absolute Gasteiger partial charge is 0.456 e. The lowest BCUT2D eigenvalue weighted by molar-refractivity contribution is -0.0387. The minimum absolute atomic E-state index is 0.165. The zero-order valence-corrected chi connectivity index (χ0v) is 21.5. The second-order valence-electron chi connectivity index (χ2n) is 10.0. The van der Waals surface area contributed by atoms with E-state index < -0.39 is 5.60 Å². The molecule has 1 fully saturated rings. The molecule has 0 spiro atoms. The van der Waals surface area contributed by atoms with Crippen LogP contribution >= 0.6 is 0 Å². The van der Waals surface area contributed by atoms with Gasteiger partial charge in [0.25, 0.3) is 11.4 Å². The number of pyridine rings is 1. The van der Waals surface area contributed by atoms with Crippen LogP contribution in [0, 0.1) is 26.6 Å². The highest BCUT2D eigenvalue weighted by Gasteiger charge is 2.37. The van der Waals surface area contributed by atoms with Crippen molar-refractivity contribution in [2.45, 2.75) is 45.6 Å². The van der Waals surface area contributed by atoms with Gasteiger partial charge in [-0.05, 0) is 74.1 Å². The van der Waals surface area contributed by atoms with Gasteiger partial charge in [-0.1, -0.05) is 6.07 Å². The molecule has 3 aromatic heterocycles. The van der Waals surface area contributed by atoms with Gasteiger partial charge in [-0.3, -0.25) is 4.79 Å². The van der Waals surface area contributed by atoms with Crippen LogP contribution in [0.1, 0.15) is 41.8 Å². The fourth-order valence-electron chi connectivity index (χ4n) is 5.03. The van der Waals surface area contributed by atoms with E-state index in [0.29, 0.717) is 63.5 Å². The summed E-state index contributed by atoms with van der Waals surface area (Å²) in [5, 5.41) is 19.3. The molecule has 0 unspecified atom stereocenters. The van der Waals surface area contributed by atoms with Crippen molar-refractivity contribution in [2.75, 3.05) is 0 Å². The second kappa shape index (κ2) is 8.66. The molecular weight excluding hydrogens is 489 g/mol. The number of ether oxygens (including phenoxy) is 1. The van der Waals surface area contributed by atoms with Crippen molar-refractivity contribution in [3.8, 4) is 34.3 Å². The van der Waals surface area contributed by atoms with Crippen molar-refractivity contribution in [2.24, 2.45) is 7.05 Å². The maximum Gasteiger partial charge on any atom is 0.283 e. The first kappa shape index (κ1) is 24.1. The van der Waals surface area contributed by atoms with Crippen LogP contribution in [0.3, 0.4) is 0 Å². The van der Waals surface area contributed by atoms with E-state index >= 15 is 0 Å². The maximum absolute atomic E-state index is 14.0. The molecule has 1 saturated carbocycles. The van der Waals surface area contributed by atoms with Crippen molar-refractivity contribution >= 4 is 11.0 Å². The Morgan fingerprint density at radius 2 is 1.76 bits per heavy atom. The molecule has 3 heterocycles. The number of hydrogen-bond donors (Lipinski definition) is 1. The van der Waals surface area contributed by atoms with Crippen molar-refractivity contribution in [3.05, 3.63) is 81.3 Å². The molecule has 9 heteroatoms. The van der Waals surface area contributed by atoms with E-state index in [1.54, 1.807) is 46.1 Å². The second-order valence-corrected chi connectivity index (χ2v) is 10.0. The van der Waals surface area contributed by atoms with Gasteiger partial charge in [0, 0.05) is 37.4 Å². The molecule has 0 radical (unpaired) electrons. The van der Waals surface area contributed by atoms with Crippen molar-refractivity contribution in [1.29, 1.82) is 0 Å². The monoisotopic (exact) mass is 515 g/mol. The number of hydrogen-bond acceptors (Lipinski definition) is 7. The third kappa shape index (κ3) is 3.90. The zero-order valence-electron chi connectivity index (χ0n) is 21.5. The molecule has 0 aliphatic heterocycles. The SMILES string of the molecule is Cc1nnc(-c2cc3c(=O)n(C)cc(-c4cc(C5(O)CCC5)ccc4Oc4c(C)cc(F)cc4C)c3o2)o1. The average molecular weight is 516 g/mol. The summed E-state index contributed by atoms with van der Waals surface area (Å²) in [7, 11) is 1.66. The molecule has 5 aromatic rings. The van der Waals surface area contributed by atoms with Gasteiger partial charge in [0.1, 0.15) is 22.9 Å². The topological polar surface area (TPSA) is 104 Å². The van der Waals surface area contributed by atoms with Crippen LogP contribution in [0.15, 0.2) is 56.2 Å². The summed E-state index contributed by atoms with van der Waals surface area (Å²) in [6.45, 7) is 5.24. The van der Waals surface area contributed by atoms with Crippen LogP contribution in [0.4, 0.5) is 4.39 Å². The van der Waals surface area contributed by atoms with E-state index in [1.807, 2.05) is 12.1 Å². The number of benzene rings is 2. The van der Waals surface area contributed by atoms with Crippen molar-refractivity contribution in [3.63, 3.8) is 0 Å². The van der Waals surface area contributed by atoms with Gasteiger partial charge in [-0.2, -0.15) is 0 Å². The smallest absolute Gasteiger partial charge is 0.283 e. The van der Waals surface area contributed by atoms with Gasteiger partial charge in [0.05, 0.1) is 11.0 Å². The van der Waals surface area contributed by atoms with E-state index in [0.717, 1.165) is 12.0 Å². The molecule has 6 rings (SSSR count). The van der Waals surface area contributed by atoms with Gasteiger partial charge in [0.2, 0.25) is 5.89 Å². The Balaban J connectivity index is 1.59. The minimum atomic E-state index is -0.926. The first-order chi connectivity index (χ1) is 18.1. The first-order valence-electron chi connectivity index (χ1n) is 12.4. The van der Waals surface area contributed by atoms with E-state index in [2.05, 4.69) is 10.2 Å². The van der Waals surface area contributed by atoms with Gasteiger partial charge in [0.15, 0.2) is 5.76 Å². The number of nitrogens with zero attached hydrogens (tertiary/aromatic N) is 3. The molecule has 0 amide bonds. The molecule has 8 nitrogen and oxygen atoms in total. The van der Waals surface area contributed by atoms with E-state index in [9.17, 15) is 14.3 Å².